The number of carbonyl (C=O) groups is 1. The number of rotatable bonds is 0. The van der Waals surface area contributed by atoms with Crippen molar-refractivity contribution in [2.75, 3.05) is 0 Å². The number of aliphatic hydroxyl groups is 1. The van der Waals surface area contributed by atoms with Gasteiger partial charge in [-0.15, -0.1) is 6.42 Å². The van der Waals surface area contributed by atoms with Gasteiger partial charge in [-0.2, -0.15) is 0 Å². The Kier molecular flexibility index (Phi) is 3.18. The Morgan fingerprint density at radius 2 is 1.87 bits per heavy atom. The van der Waals surface area contributed by atoms with Crippen LogP contribution in [0.5, 0.6) is 0 Å². The summed E-state index contributed by atoms with van der Waals surface area (Å²) < 4.78 is 0. The van der Waals surface area contributed by atoms with Gasteiger partial charge in [-0.25, -0.2) is 0 Å². The molecule has 6 atom stereocenters. The summed E-state index contributed by atoms with van der Waals surface area (Å²) in [6.07, 6.45) is 15.6. The number of carbonyl (C=O) groups excluding carboxylic acids is 1. The number of hydrogen-bond donors (Lipinski definition) is 1. The third-order valence-electron chi connectivity index (χ3n) is 8.35. The van der Waals surface area contributed by atoms with E-state index in [1.807, 2.05) is 6.08 Å². The number of allylic oxidation sites excluding steroid dienone is 1. The number of fused-ring (bicyclic) bond motifs is 5. The fourth-order valence-electron chi connectivity index (χ4n) is 6.81. The molecule has 0 aromatic rings. The fourth-order valence-corrected chi connectivity index (χ4v) is 6.81. The van der Waals surface area contributed by atoms with Gasteiger partial charge in [0.05, 0.1) is 0 Å². The van der Waals surface area contributed by atoms with Crippen LogP contribution in [-0.2, 0) is 4.79 Å². The smallest absolute Gasteiger partial charge is 0.155 e. The molecule has 0 amide bonds. The molecule has 4 rings (SSSR count). The maximum absolute atomic E-state index is 11.8. The van der Waals surface area contributed by atoms with Gasteiger partial charge in [0.15, 0.2) is 5.78 Å². The summed E-state index contributed by atoms with van der Waals surface area (Å²) in [6, 6.07) is 0. The van der Waals surface area contributed by atoms with Crippen molar-refractivity contribution in [2.45, 2.75) is 70.8 Å². The number of hydrogen-bond acceptors (Lipinski definition) is 2. The van der Waals surface area contributed by atoms with Gasteiger partial charge in [-0.05, 0) is 74.2 Å². The van der Waals surface area contributed by atoms with E-state index in [9.17, 15) is 9.90 Å². The lowest BCUT2D eigenvalue weighted by Gasteiger charge is -2.58. The van der Waals surface area contributed by atoms with Crippen LogP contribution < -0.4 is 0 Å². The van der Waals surface area contributed by atoms with Crippen molar-refractivity contribution in [1.82, 2.24) is 0 Å². The molecule has 0 aliphatic heterocycles. The highest BCUT2D eigenvalue weighted by molar-refractivity contribution is 5.91. The predicted molar refractivity (Wildman–Crippen MR) is 90.5 cm³/mol. The number of ketones is 1. The first kappa shape index (κ1) is 15.5. The van der Waals surface area contributed by atoms with Crippen molar-refractivity contribution in [3.8, 4) is 12.3 Å². The summed E-state index contributed by atoms with van der Waals surface area (Å²) in [7, 11) is 0. The van der Waals surface area contributed by atoms with Crippen LogP contribution in [0.3, 0.4) is 0 Å². The van der Waals surface area contributed by atoms with Crippen LogP contribution in [-0.4, -0.2) is 16.5 Å². The van der Waals surface area contributed by atoms with Crippen LogP contribution >= 0.6 is 0 Å². The van der Waals surface area contributed by atoms with E-state index in [2.05, 4.69) is 19.8 Å². The minimum absolute atomic E-state index is 0.120. The van der Waals surface area contributed by atoms with Gasteiger partial charge >= 0.3 is 0 Å². The predicted octanol–water partition coefficient (Wildman–Crippen LogP) is 3.88. The third-order valence-corrected chi connectivity index (χ3v) is 8.35. The normalized spacial score (nSPS) is 52.0. The average molecular weight is 312 g/mol. The zero-order chi connectivity index (χ0) is 16.5. The molecule has 2 heteroatoms. The zero-order valence-corrected chi connectivity index (χ0v) is 14.4. The Labute approximate surface area is 139 Å². The minimum Gasteiger partial charge on any atom is -0.377 e. The lowest BCUT2D eigenvalue weighted by Crippen LogP contribution is -2.54. The molecule has 0 bridgehead atoms. The van der Waals surface area contributed by atoms with E-state index in [0.717, 1.165) is 38.5 Å². The van der Waals surface area contributed by atoms with E-state index in [-0.39, 0.29) is 10.8 Å². The monoisotopic (exact) mass is 312 g/mol. The van der Waals surface area contributed by atoms with E-state index in [1.165, 1.54) is 12.0 Å². The van der Waals surface area contributed by atoms with Crippen molar-refractivity contribution >= 4 is 5.78 Å². The molecule has 23 heavy (non-hydrogen) atoms. The van der Waals surface area contributed by atoms with Crippen LogP contribution in [0, 0.1) is 40.9 Å². The first-order valence-corrected chi connectivity index (χ1v) is 9.28. The van der Waals surface area contributed by atoms with E-state index < -0.39 is 5.60 Å². The van der Waals surface area contributed by atoms with E-state index >= 15 is 0 Å². The van der Waals surface area contributed by atoms with Crippen LogP contribution in [0.25, 0.3) is 0 Å². The van der Waals surface area contributed by atoms with Gasteiger partial charge < -0.3 is 5.11 Å². The molecular formula is C21H28O2. The second kappa shape index (κ2) is 4.73. The van der Waals surface area contributed by atoms with Crippen molar-refractivity contribution < 1.29 is 9.90 Å². The summed E-state index contributed by atoms with van der Waals surface area (Å²) in [5, 5.41) is 11.0. The quantitative estimate of drug-likeness (QED) is 0.689. The van der Waals surface area contributed by atoms with Gasteiger partial charge in [0, 0.05) is 11.8 Å². The molecule has 0 unspecified atom stereocenters. The molecule has 0 radical (unpaired) electrons. The lowest BCUT2D eigenvalue weighted by molar-refractivity contribution is -0.119. The Balaban J connectivity index is 1.70. The Morgan fingerprint density at radius 1 is 1.13 bits per heavy atom. The molecule has 3 saturated carbocycles. The van der Waals surface area contributed by atoms with Gasteiger partial charge in [0.25, 0.3) is 0 Å². The van der Waals surface area contributed by atoms with Crippen molar-refractivity contribution in [2.24, 2.45) is 28.6 Å². The molecule has 0 saturated heterocycles. The highest BCUT2D eigenvalue weighted by atomic mass is 16.3. The molecular weight excluding hydrogens is 284 g/mol. The molecule has 2 nitrogen and oxygen atoms in total. The second-order valence-corrected chi connectivity index (χ2v) is 8.97. The van der Waals surface area contributed by atoms with Crippen LogP contribution in [0.2, 0.25) is 0 Å². The Morgan fingerprint density at radius 3 is 2.61 bits per heavy atom. The largest absolute Gasteiger partial charge is 0.377 e. The molecule has 1 N–H and O–H groups in total. The SMILES string of the molecule is C#C[C@]1(O)CC[C@@H]2[C@@H]3CCC4=CC(=O)CC[C@@]4(C)[C@H]3CC[C@]21C. The summed E-state index contributed by atoms with van der Waals surface area (Å²) in [5.74, 6) is 4.93. The summed E-state index contributed by atoms with van der Waals surface area (Å²) >= 11 is 0. The van der Waals surface area contributed by atoms with E-state index in [1.54, 1.807) is 0 Å². The van der Waals surface area contributed by atoms with Gasteiger partial charge in [-0.1, -0.05) is 25.3 Å². The molecule has 4 aliphatic carbocycles. The maximum atomic E-state index is 11.8. The Bertz CT molecular complexity index is 626. The van der Waals surface area contributed by atoms with Crippen molar-refractivity contribution in [3.05, 3.63) is 11.6 Å². The fraction of sp³-hybridized carbons (Fsp3) is 0.762. The Hall–Kier alpha value is -1.07. The highest BCUT2D eigenvalue weighted by Gasteiger charge is 2.63. The van der Waals surface area contributed by atoms with Crippen LogP contribution in [0.1, 0.15) is 65.2 Å². The number of terminal acetylenes is 1. The van der Waals surface area contributed by atoms with Crippen molar-refractivity contribution in [1.29, 1.82) is 0 Å². The second-order valence-electron chi connectivity index (χ2n) is 8.97. The standard InChI is InChI=1S/C21H28O2/c1-4-21(23)12-9-18-16-6-5-14-13-15(22)7-10-19(14,2)17(16)8-11-20(18,21)3/h1,13,16-18,23H,5-12H2,2-3H3/t16-,17+,18-,19-,20-,21+/m1/s1. The topological polar surface area (TPSA) is 37.3 Å². The minimum atomic E-state index is -0.914. The molecule has 0 spiro atoms. The molecule has 0 heterocycles. The van der Waals surface area contributed by atoms with Gasteiger partial charge in [0.2, 0.25) is 0 Å². The van der Waals surface area contributed by atoms with Crippen LogP contribution in [0.15, 0.2) is 11.6 Å². The molecule has 4 aliphatic rings. The van der Waals surface area contributed by atoms with Crippen LogP contribution in [0.4, 0.5) is 0 Å². The van der Waals surface area contributed by atoms with E-state index in [4.69, 9.17) is 6.42 Å². The summed E-state index contributed by atoms with van der Waals surface area (Å²) in [4.78, 5) is 11.8. The maximum Gasteiger partial charge on any atom is 0.155 e. The zero-order valence-electron chi connectivity index (χ0n) is 14.4. The molecule has 0 aromatic heterocycles. The average Bonchev–Trinajstić information content (AvgIpc) is 2.80. The molecule has 3 fully saturated rings. The lowest BCUT2D eigenvalue weighted by atomic mass is 9.46. The third kappa shape index (κ3) is 1.84. The first-order valence-electron chi connectivity index (χ1n) is 9.28. The van der Waals surface area contributed by atoms with E-state index in [0.29, 0.717) is 30.0 Å². The molecule has 0 aromatic carbocycles. The van der Waals surface area contributed by atoms with Gasteiger partial charge in [0.1, 0.15) is 5.60 Å². The van der Waals surface area contributed by atoms with Crippen molar-refractivity contribution in [3.63, 3.8) is 0 Å². The highest BCUT2D eigenvalue weighted by Crippen LogP contribution is 2.67. The summed E-state index contributed by atoms with van der Waals surface area (Å²) in [5.41, 5.74) is 0.575. The molecule has 124 valence electrons. The summed E-state index contributed by atoms with van der Waals surface area (Å²) in [6.45, 7) is 4.63. The first-order chi connectivity index (χ1) is 10.8. The van der Waals surface area contributed by atoms with Gasteiger partial charge in [-0.3, -0.25) is 4.79 Å².